The van der Waals surface area contributed by atoms with E-state index in [2.05, 4.69) is 23.2 Å². The van der Waals surface area contributed by atoms with Gasteiger partial charge in [0.15, 0.2) is 11.5 Å². The minimum Gasteiger partial charge on any atom is -0.493 e. The molecule has 3 aromatic rings. The molecule has 1 atom stereocenters. The number of hydrogen-bond acceptors (Lipinski definition) is 4. The Morgan fingerprint density at radius 2 is 1.86 bits per heavy atom. The van der Waals surface area contributed by atoms with Crippen molar-refractivity contribution in [2.75, 3.05) is 27.3 Å². The van der Waals surface area contributed by atoms with Gasteiger partial charge in [0.2, 0.25) is 5.91 Å². The van der Waals surface area contributed by atoms with Crippen LogP contribution in [0.1, 0.15) is 30.0 Å². The van der Waals surface area contributed by atoms with Gasteiger partial charge in [-0.25, -0.2) is 0 Å². The summed E-state index contributed by atoms with van der Waals surface area (Å²) in [5.41, 5.74) is 2.01. The van der Waals surface area contributed by atoms with Crippen molar-refractivity contribution in [2.45, 2.75) is 25.2 Å². The Labute approximate surface area is 171 Å². The number of ether oxygens (including phenoxy) is 2. The Bertz CT molecular complexity index is 1020. The van der Waals surface area contributed by atoms with E-state index in [0.29, 0.717) is 17.9 Å². The minimum atomic E-state index is 0.141. The van der Waals surface area contributed by atoms with E-state index in [1.165, 1.54) is 5.39 Å². The Balaban J connectivity index is 1.46. The van der Waals surface area contributed by atoms with Crippen LogP contribution >= 0.6 is 0 Å². The molecule has 150 valence electrons. The number of likely N-dealkylation sites (tertiary alicyclic amines) is 1. The Morgan fingerprint density at radius 3 is 2.66 bits per heavy atom. The number of aromatic nitrogens is 1. The summed E-state index contributed by atoms with van der Waals surface area (Å²) >= 11 is 0. The number of benzene rings is 2. The number of hydrogen-bond donors (Lipinski definition) is 0. The lowest BCUT2D eigenvalue weighted by Crippen LogP contribution is -2.40. The summed E-state index contributed by atoms with van der Waals surface area (Å²) in [5.74, 6) is 1.74. The van der Waals surface area contributed by atoms with E-state index in [4.69, 9.17) is 9.47 Å². The average molecular weight is 390 g/mol. The van der Waals surface area contributed by atoms with E-state index < -0.39 is 0 Å². The molecule has 1 saturated heterocycles. The minimum absolute atomic E-state index is 0.141. The van der Waals surface area contributed by atoms with Crippen molar-refractivity contribution in [3.05, 3.63) is 66.0 Å². The first-order chi connectivity index (χ1) is 14.2. The summed E-state index contributed by atoms with van der Waals surface area (Å²) in [6, 6.07) is 16.1. The summed E-state index contributed by atoms with van der Waals surface area (Å²) in [6.07, 6.45) is 4.36. The maximum absolute atomic E-state index is 12.9. The standard InChI is InChI=1S/C24H26N2O3/c1-28-22-10-9-17(12-23(22)29-2)13-24(27)26-11-5-8-20(16-26)21-14-18-6-3-4-7-19(18)15-25-21/h3-4,6-7,9-10,12,14-15,20H,5,8,11,13,16H2,1-2H3. The van der Waals surface area contributed by atoms with Crippen molar-refractivity contribution >= 4 is 16.7 Å². The van der Waals surface area contributed by atoms with Gasteiger partial charge in [-0.15, -0.1) is 0 Å². The molecular weight excluding hydrogens is 364 g/mol. The smallest absolute Gasteiger partial charge is 0.227 e. The Kier molecular flexibility index (Phi) is 5.65. The first-order valence-corrected chi connectivity index (χ1v) is 10.0. The maximum Gasteiger partial charge on any atom is 0.227 e. The van der Waals surface area contributed by atoms with E-state index in [0.717, 1.165) is 42.6 Å². The van der Waals surface area contributed by atoms with Crippen LogP contribution in [0, 0.1) is 0 Å². The van der Waals surface area contributed by atoms with Crippen molar-refractivity contribution in [2.24, 2.45) is 0 Å². The predicted octanol–water partition coefficient (Wildman–Crippen LogP) is 4.20. The van der Waals surface area contributed by atoms with Crippen LogP contribution in [0.15, 0.2) is 54.7 Å². The number of pyridine rings is 1. The van der Waals surface area contributed by atoms with Crippen LogP contribution in [0.4, 0.5) is 0 Å². The third kappa shape index (κ3) is 4.19. The number of rotatable bonds is 5. The van der Waals surface area contributed by atoms with Gasteiger partial charge < -0.3 is 14.4 Å². The van der Waals surface area contributed by atoms with Gasteiger partial charge in [-0.2, -0.15) is 0 Å². The van der Waals surface area contributed by atoms with Crippen molar-refractivity contribution in [1.82, 2.24) is 9.88 Å². The van der Waals surface area contributed by atoms with Gasteiger partial charge in [0.25, 0.3) is 0 Å². The molecule has 0 bridgehead atoms. The van der Waals surface area contributed by atoms with Crippen LogP contribution in [0.25, 0.3) is 10.8 Å². The van der Waals surface area contributed by atoms with Gasteiger partial charge >= 0.3 is 0 Å². The second-order valence-electron chi connectivity index (χ2n) is 7.50. The lowest BCUT2D eigenvalue weighted by molar-refractivity contribution is -0.131. The van der Waals surface area contributed by atoms with Gasteiger partial charge in [0.1, 0.15) is 0 Å². The molecule has 0 radical (unpaired) electrons. The van der Waals surface area contributed by atoms with Crippen LogP contribution in [0.3, 0.4) is 0 Å². The zero-order valence-corrected chi connectivity index (χ0v) is 16.9. The SMILES string of the molecule is COc1ccc(CC(=O)N2CCCC(c3cc4ccccc4cn3)C2)cc1OC. The first-order valence-electron chi connectivity index (χ1n) is 10.0. The molecule has 2 aromatic carbocycles. The molecule has 5 nitrogen and oxygen atoms in total. The fourth-order valence-corrected chi connectivity index (χ4v) is 4.05. The molecular formula is C24H26N2O3. The van der Waals surface area contributed by atoms with Crippen molar-refractivity contribution in [3.8, 4) is 11.5 Å². The summed E-state index contributed by atoms with van der Waals surface area (Å²) in [6.45, 7) is 1.52. The Morgan fingerprint density at radius 1 is 1.07 bits per heavy atom. The summed E-state index contributed by atoms with van der Waals surface area (Å²) in [5, 5.41) is 2.35. The zero-order chi connectivity index (χ0) is 20.2. The van der Waals surface area contributed by atoms with Crippen LogP contribution in [-0.4, -0.2) is 43.1 Å². The zero-order valence-electron chi connectivity index (χ0n) is 16.9. The fourth-order valence-electron chi connectivity index (χ4n) is 4.05. The molecule has 0 N–H and O–H groups in total. The van der Waals surface area contributed by atoms with Gasteiger partial charge in [0, 0.05) is 36.3 Å². The molecule has 4 rings (SSSR count). The number of methoxy groups -OCH3 is 2. The van der Waals surface area contributed by atoms with Gasteiger partial charge in [0.05, 0.1) is 20.6 Å². The number of carbonyl (C=O) groups is 1. The molecule has 29 heavy (non-hydrogen) atoms. The highest BCUT2D eigenvalue weighted by Gasteiger charge is 2.26. The largest absolute Gasteiger partial charge is 0.493 e. The normalized spacial score (nSPS) is 16.6. The fraction of sp³-hybridized carbons (Fsp3) is 0.333. The third-order valence-corrected chi connectivity index (χ3v) is 5.65. The predicted molar refractivity (Wildman–Crippen MR) is 114 cm³/mol. The highest BCUT2D eigenvalue weighted by molar-refractivity contribution is 5.82. The quantitative estimate of drug-likeness (QED) is 0.655. The van der Waals surface area contributed by atoms with Gasteiger partial charge in [-0.3, -0.25) is 9.78 Å². The molecule has 1 aliphatic rings. The maximum atomic E-state index is 12.9. The highest BCUT2D eigenvalue weighted by atomic mass is 16.5. The molecule has 0 aliphatic carbocycles. The number of amides is 1. The number of piperidine rings is 1. The lowest BCUT2D eigenvalue weighted by Gasteiger charge is -2.32. The van der Waals surface area contributed by atoms with E-state index >= 15 is 0 Å². The second kappa shape index (κ2) is 8.52. The summed E-state index contributed by atoms with van der Waals surface area (Å²) in [7, 11) is 3.21. The highest BCUT2D eigenvalue weighted by Crippen LogP contribution is 2.30. The first kappa shape index (κ1) is 19.2. The van der Waals surface area contributed by atoms with Crippen LogP contribution in [0.5, 0.6) is 11.5 Å². The van der Waals surface area contributed by atoms with Gasteiger partial charge in [-0.05, 0) is 42.0 Å². The summed E-state index contributed by atoms with van der Waals surface area (Å²) < 4.78 is 10.6. The molecule has 2 heterocycles. The molecule has 1 aromatic heterocycles. The molecule has 0 spiro atoms. The van der Waals surface area contributed by atoms with E-state index in [9.17, 15) is 4.79 Å². The number of fused-ring (bicyclic) bond motifs is 1. The molecule has 0 saturated carbocycles. The van der Waals surface area contributed by atoms with E-state index in [-0.39, 0.29) is 11.8 Å². The number of nitrogens with zero attached hydrogens (tertiary/aromatic N) is 2. The molecule has 5 heteroatoms. The van der Waals surface area contributed by atoms with Crippen LogP contribution < -0.4 is 9.47 Å². The number of carbonyl (C=O) groups excluding carboxylic acids is 1. The topological polar surface area (TPSA) is 51.7 Å². The third-order valence-electron chi connectivity index (χ3n) is 5.65. The van der Waals surface area contributed by atoms with Gasteiger partial charge in [-0.1, -0.05) is 30.3 Å². The van der Waals surface area contributed by atoms with E-state index in [1.807, 2.05) is 41.4 Å². The Hall–Kier alpha value is -3.08. The molecule has 1 unspecified atom stereocenters. The van der Waals surface area contributed by atoms with E-state index in [1.54, 1.807) is 14.2 Å². The van der Waals surface area contributed by atoms with Crippen LogP contribution in [-0.2, 0) is 11.2 Å². The van der Waals surface area contributed by atoms with Crippen LogP contribution in [0.2, 0.25) is 0 Å². The van der Waals surface area contributed by atoms with Crippen molar-refractivity contribution < 1.29 is 14.3 Å². The molecule has 1 fully saturated rings. The van der Waals surface area contributed by atoms with Crippen molar-refractivity contribution in [3.63, 3.8) is 0 Å². The van der Waals surface area contributed by atoms with Crippen molar-refractivity contribution in [1.29, 1.82) is 0 Å². The monoisotopic (exact) mass is 390 g/mol. The lowest BCUT2D eigenvalue weighted by atomic mass is 9.93. The molecule has 1 aliphatic heterocycles. The second-order valence-corrected chi connectivity index (χ2v) is 7.50. The average Bonchev–Trinajstić information content (AvgIpc) is 2.78. The molecule has 1 amide bonds. The summed E-state index contributed by atoms with van der Waals surface area (Å²) in [4.78, 5) is 19.6.